The Bertz CT molecular complexity index is 991. The van der Waals surface area contributed by atoms with Gasteiger partial charge in [-0.15, -0.1) is 0 Å². The third-order valence-electron chi connectivity index (χ3n) is 6.33. The van der Waals surface area contributed by atoms with Gasteiger partial charge in [-0.25, -0.2) is 0 Å². The second-order valence-corrected chi connectivity index (χ2v) is 8.09. The number of benzene rings is 2. The quantitative estimate of drug-likeness (QED) is 0.316. The molecule has 6 nitrogen and oxygen atoms in total. The number of fused-ring (bicyclic) bond motifs is 1. The molecule has 0 bridgehead atoms. The second-order valence-electron chi connectivity index (χ2n) is 8.09. The molecule has 1 saturated heterocycles. The number of hydrogen-bond acceptors (Lipinski definition) is 5. The van der Waals surface area contributed by atoms with Gasteiger partial charge in [-0.05, 0) is 56.6 Å². The third-order valence-corrected chi connectivity index (χ3v) is 6.33. The zero-order chi connectivity index (χ0) is 21.0. The van der Waals surface area contributed by atoms with E-state index in [4.69, 9.17) is 4.74 Å². The minimum Gasteiger partial charge on any atom is -0.490 e. The highest BCUT2D eigenvalue weighted by Gasteiger charge is 2.39. The Hall–Kier alpha value is -2.83. The number of piperidine rings is 1. The normalized spacial score (nSPS) is 18.4. The number of likely N-dealkylation sites (tertiary alicyclic amines) is 1. The molecule has 0 unspecified atom stereocenters. The largest absolute Gasteiger partial charge is 0.490 e. The third kappa shape index (κ3) is 4.06. The molecular formula is C24H29N3O3. The van der Waals surface area contributed by atoms with Gasteiger partial charge in [-0.3, -0.25) is 0 Å². The molecule has 0 spiro atoms. The van der Waals surface area contributed by atoms with Crippen molar-refractivity contribution in [2.45, 2.75) is 31.3 Å². The summed E-state index contributed by atoms with van der Waals surface area (Å²) < 4.78 is 5.90. The average Bonchev–Trinajstić information content (AvgIpc) is 3.28. The topological polar surface area (TPSA) is 81.1 Å². The first kappa shape index (κ1) is 20.4. The van der Waals surface area contributed by atoms with Crippen LogP contribution in [0.2, 0.25) is 0 Å². The Morgan fingerprint density at radius 3 is 2.63 bits per heavy atom. The van der Waals surface area contributed by atoms with Crippen LogP contribution in [-0.4, -0.2) is 58.3 Å². The van der Waals surface area contributed by atoms with Crippen LogP contribution in [0.15, 0.2) is 65.9 Å². The van der Waals surface area contributed by atoms with Crippen LogP contribution in [0, 0.1) is 0 Å². The number of β-amino-alcohol motifs (C(OH)–C–C–N with tert-alkyl or cyclic N) is 1. The maximum Gasteiger partial charge on any atom is 0.128 e. The van der Waals surface area contributed by atoms with E-state index in [1.807, 2.05) is 55.6 Å². The summed E-state index contributed by atoms with van der Waals surface area (Å²) in [6.45, 7) is 4.36. The highest BCUT2D eigenvalue weighted by Crippen LogP contribution is 2.37. The summed E-state index contributed by atoms with van der Waals surface area (Å²) in [5.74, 6) is 0.782. The van der Waals surface area contributed by atoms with E-state index >= 15 is 0 Å². The first-order valence-corrected chi connectivity index (χ1v) is 10.5. The highest BCUT2D eigenvalue weighted by molar-refractivity contribution is 5.92. The standard InChI is InChI=1S/C24H29N3O3/c1-18(26-29)24(19-6-3-2-4-7-19)11-14-27(15-12-24)16-20(28)17-30-23-9-5-8-22-21(23)10-13-25-22/h2-10,13,20,25,28-29H,11-12,14-17H2,1H3/b26-18+/t20-/m0/s1. The number of aromatic amines is 1. The van der Waals surface area contributed by atoms with Gasteiger partial charge in [0.05, 0.1) is 5.71 Å². The van der Waals surface area contributed by atoms with E-state index in [1.54, 1.807) is 0 Å². The summed E-state index contributed by atoms with van der Waals surface area (Å²) in [5, 5.41) is 24.6. The van der Waals surface area contributed by atoms with Gasteiger partial charge >= 0.3 is 0 Å². The van der Waals surface area contributed by atoms with Crippen LogP contribution in [0.3, 0.4) is 0 Å². The molecule has 158 valence electrons. The van der Waals surface area contributed by atoms with Gasteiger partial charge < -0.3 is 24.9 Å². The summed E-state index contributed by atoms with van der Waals surface area (Å²) in [4.78, 5) is 5.43. The molecule has 0 radical (unpaired) electrons. The molecule has 3 N–H and O–H groups in total. The molecule has 0 saturated carbocycles. The molecule has 1 atom stereocenters. The van der Waals surface area contributed by atoms with Crippen LogP contribution < -0.4 is 4.74 Å². The summed E-state index contributed by atoms with van der Waals surface area (Å²) in [5.41, 5.74) is 2.70. The number of aliphatic hydroxyl groups excluding tert-OH is 1. The lowest BCUT2D eigenvalue weighted by Gasteiger charge is -2.42. The van der Waals surface area contributed by atoms with Crippen molar-refractivity contribution in [1.29, 1.82) is 0 Å². The lowest BCUT2D eigenvalue weighted by molar-refractivity contribution is 0.0563. The molecule has 2 aromatic carbocycles. The molecule has 6 heteroatoms. The fraction of sp³-hybridized carbons (Fsp3) is 0.375. The Kier molecular flexibility index (Phi) is 6.06. The summed E-state index contributed by atoms with van der Waals surface area (Å²) >= 11 is 0. The first-order valence-electron chi connectivity index (χ1n) is 10.5. The smallest absolute Gasteiger partial charge is 0.128 e. The fourth-order valence-corrected chi connectivity index (χ4v) is 4.55. The van der Waals surface area contributed by atoms with E-state index in [0.29, 0.717) is 6.54 Å². The highest BCUT2D eigenvalue weighted by atomic mass is 16.5. The Balaban J connectivity index is 1.35. The number of aromatic nitrogens is 1. The Morgan fingerprint density at radius 1 is 1.13 bits per heavy atom. The van der Waals surface area contributed by atoms with Crippen molar-refractivity contribution in [3.63, 3.8) is 0 Å². The molecule has 1 aliphatic heterocycles. The molecule has 3 aromatic rings. The summed E-state index contributed by atoms with van der Waals surface area (Å²) in [6.07, 6.45) is 3.01. The van der Waals surface area contributed by atoms with Gasteiger partial charge in [0.25, 0.3) is 0 Å². The van der Waals surface area contributed by atoms with Crippen molar-refractivity contribution in [2.24, 2.45) is 5.16 Å². The molecular weight excluding hydrogens is 378 g/mol. The zero-order valence-corrected chi connectivity index (χ0v) is 17.3. The number of hydrogen-bond donors (Lipinski definition) is 3. The van der Waals surface area contributed by atoms with E-state index in [1.165, 1.54) is 5.56 Å². The van der Waals surface area contributed by atoms with Gasteiger partial charge in [-0.2, -0.15) is 0 Å². The number of nitrogens with zero attached hydrogens (tertiary/aromatic N) is 2. The van der Waals surface area contributed by atoms with Crippen molar-refractivity contribution < 1.29 is 15.1 Å². The van der Waals surface area contributed by atoms with Gasteiger partial charge in [0.1, 0.15) is 18.5 Å². The predicted molar refractivity (Wildman–Crippen MR) is 118 cm³/mol. The van der Waals surface area contributed by atoms with Gasteiger partial charge in [0, 0.05) is 29.1 Å². The Morgan fingerprint density at radius 2 is 1.90 bits per heavy atom. The molecule has 1 aliphatic rings. The second kappa shape index (κ2) is 8.90. The van der Waals surface area contributed by atoms with Crippen LogP contribution in [-0.2, 0) is 5.41 Å². The SMILES string of the molecule is C/C(=N\O)C1(c2ccccc2)CCN(C[C@H](O)COc2cccc3[nH]ccc23)CC1. The minimum absolute atomic E-state index is 0.252. The monoisotopic (exact) mass is 407 g/mol. The van der Waals surface area contributed by atoms with Crippen LogP contribution in [0.4, 0.5) is 0 Å². The van der Waals surface area contributed by atoms with Crippen LogP contribution in [0.1, 0.15) is 25.3 Å². The maximum atomic E-state index is 10.5. The summed E-state index contributed by atoms with van der Waals surface area (Å²) in [6, 6.07) is 18.1. The molecule has 0 aliphatic carbocycles. The van der Waals surface area contributed by atoms with E-state index in [0.717, 1.165) is 48.3 Å². The molecule has 0 amide bonds. The van der Waals surface area contributed by atoms with Crippen molar-refractivity contribution >= 4 is 16.6 Å². The van der Waals surface area contributed by atoms with Crippen molar-refractivity contribution in [3.8, 4) is 5.75 Å². The maximum absolute atomic E-state index is 10.5. The van der Waals surface area contributed by atoms with Crippen LogP contribution >= 0.6 is 0 Å². The van der Waals surface area contributed by atoms with E-state index in [-0.39, 0.29) is 12.0 Å². The van der Waals surface area contributed by atoms with Crippen molar-refractivity contribution in [1.82, 2.24) is 9.88 Å². The molecule has 30 heavy (non-hydrogen) atoms. The number of aliphatic hydroxyl groups is 1. The lowest BCUT2D eigenvalue weighted by atomic mass is 9.69. The fourth-order valence-electron chi connectivity index (χ4n) is 4.55. The molecule has 2 heterocycles. The van der Waals surface area contributed by atoms with E-state index in [9.17, 15) is 10.3 Å². The van der Waals surface area contributed by atoms with Crippen molar-refractivity contribution in [2.75, 3.05) is 26.2 Å². The zero-order valence-electron chi connectivity index (χ0n) is 17.3. The number of oxime groups is 1. The number of rotatable bonds is 7. The van der Waals surface area contributed by atoms with Gasteiger partial charge in [0.15, 0.2) is 0 Å². The molecule has 4 rings (SSSR count). The summed E-state index contributed by atoms with van der Waals surface area (Å²) in [7, 11) is 0. The van der Waals surface area contributed by atoms with Crippen molar-refractivity contribution in [3.05, 3.63) is 66.4 Å². The Labute approximate surface area is 176 Å². The number of ether oxygens (including phenoxy) is 1. The molecule has 1 aromatic heterocycles. The average molecular weight is 408 g/mol. The van der Waals surface area contributed by atoms with E-state index in [2.05, 4.69) is 27.2 Å². The molecule has 1 fully saturated rings. The van der Waals surface area contributed by atoms with Gasteiger partial charge in [-0.1, -0.05) is 41.6 Å². The van der Waals surface area contributed by atoms with Crippen LogP contribution in [0.25, 0.3) is 10.9 Å². The van der Waals surface area contributed by atoms with E-state index < -0.39 is 6.10 Å². The number of H-pyrrole nitrogens is 1. The van der Waals surface area contributed by atoms with Crippen LogP contribution in [0.5, 0.6) is 5.75 Å². The van der Waals surface area contributed by atoms with Gasteiger partial charge in [0.2, 0.25) is 0 Å². The number of nitrogens with one attached hydrogen (secondary N) is 1. The lowest BCUT2D eigenvalue weighted by Crippen LogP contribution is -2.49. The first-order chi connectivity index (χ1) is 14.6. The minimum atomic E-state index is -0.573. The predicted octanol–water partition coefficient (Wildman–Crippen LogP) is 3.79.